The Morgan fingerprint density at radius 1 is 1.08 bits per heavy atom. The second kappa shape index (κ2) is 11.9. The van der Waals surface area contributed by atoms with Crippen molar-refractivity contribution in [2.45, 2.75) is 44.3 Å². The third kappa shape index (κ3) is 6.57. The van der Waals surface area contributed by atoms with Crippen LogP contribution in [0.2, 0.25) is 0 Å². The van der Waals surface area contributed by atoms with E-state index >= 15 is 0 Å². The Morgan fingerprint density at radius 2 is 1.79 bits per heavy atom. The van der Waals surface area contributed by atoms with E-state index in [0.717, 1.165) is 28.3 Å². The lowest BCUT2D eigenvalue weighted by atomic mass is 10.0. The highest BCUT2D eigenvalue weighted by molar-refractivity contribution is 7.92. The highest BCUT2D eigenvalue weighted by Gasteiger charge is 2.35. The number of sulfonamides is 1. The molecule has 3 aromatic carbocycles. The number of hydrogen-bond acceptors (Lipinski definition) is 6. The van der Waals surface area contributed by atoms with Gasteiger partial charge in [-0.2, -0.15) is 8.78 Å². The van der Waals surface area contributed by atoms with Gasteiger partial charge in [-0.25, -0.2) is 8.42 Å². The van der Waals surface area contributed by atoms with E-state index in [1.807, 2.05) is 50.3 Å². The van der Waals surface area contributed by atoms with Crippen LogP contribution >= 0.6 is 0 Å². The molecule has 1 aliphatic heterocycles. The summed E-state index contributed by atoms with van der Waals surface area (Å²) in [5.41, 5.74) is 4.32. The summed E-state index contributed by atoms with van der Waals surface area (Å²) in [5.74, 6) is -0.390. The van der Waals surface area contributed by atoms with Gasteiger partial charge in [-0.15, -0.1) is 0 Å². The molecular formula is C29H29F2NO6S. The number of alkyl halides is 2. The molecule has 0 radical (unpaired) electrons. The minimum absolute atomic E-state index is 0.0404. The van der Waals surface area contributed by atoms with Gasteiger partial charge in [-0.3, -0.25) is 9.10 Å². The third-order valence-corrected chi connectivity index (χ3v) is 8.19. The highest BCUT2D eigenvalue weighted by Crippen LogP contribution is 2.39. The van der Waals surface area contributed by atoms with Crippen molar-refractivity contribution < 1.29 is 36.2 Å². The molecule has 0 N–H and O–H groups in total. The minimum Gasteiger partial charge on any atom is -0.486 e. The maximum atomic E-state index is 13.8. The van der Waals surface area contributed by atoms with Crippen molar-refractivity contribution in [1.82, 2.24) is 0 Å². The average molecular weight is 558 g/mol. The number of benzene rings is 3. The summed E-state index contributed by atoms with van der Waals surface area (Å²) in [6.45, 7) is 0.849. The molecule has 3 aromatic rings. The van der Waals surface area contributed by atoms with Gasteiger partial charge in [-0.05, 0) is 66.8 Å². The molecule has 0 aromatic heterocycles. The van der Waals surface area contributed by atoms with Crippen molar-refractivity contribution in [3.8, 4) is 11.5 Å². The van der Waals surface area contributed by atoms with Crippen LogP contribution in [0.5, 0.6) is 11.5 Å². The fourth-order valence-corrected chi connectivity index (χ4v) is 5.93. The van der Waals surface area contributed by atoms with E-state index in [1.54, 1.807) is 12.1 Å². The Morgan fingerprint density at radius 3 is 2.49 bits per heavy atom. The van der Waals surface area contributed by atoms with Crippen LogP contribution in [0.1, 0.15) is 35.1 Å². The van der Waals surface area contributed by atoms with Gasteiger partial charge in [-0.1, -0.05) is 42.5 Å². The van der Waals surface area contributed by atoms with Crippen molar-refractivity contribution in [2.75, 3.05) is 18.0 Å². The first-order valence-corrected chi connectivity index (χ1v) is 13.7. The molecule has 1 aliphatic rings. The number of anilines is 1. The number of carbonyl (C=O) groups is 1. The lowest BCUT2D eigenvalue weighted by Crippen LogP contribution is -2.43. The molecule has 1 heterocycles. The molecule has 7 nitrogen and oxygen atoms in total. The number of halogens is 2. The molecule has 0 saturated carbocycles. The standard InChI is InChI=1S/C29H29F2NO6S/c1-19-6-4-7-20(2)25(19)13-10-21-11-14-27-26(16-21)32(18-23(37-27)12-15-28(33)36-3)39(34,35)24-9-5-8-22(17-24)38-29(30)31/h4-11,13-14,16-17,23,29H,12,15,18H2,1-3H3/b13-10+/t23-/m0/s1. The molecule has 0 unspecified atom stereocenters. The van der Waals surface area contributed by atoms with E-state index in [0.29, 0.717) is 11.4 Å². The molecule has 0 amide bonds. The summed E-state index contributed by atoms with van der Waals surface area (Å²) in [5, 5.41) is 0. The molecule has 206 valence electrons. The number of hydrogen-bond donors (Lipinski definition) is 0. The summed E-state index contributed by atoms with van der Waals surface area (Å²) in [6.07, 6.45) is 3.49. The van der Waals surface area contributed by atoms with E-state index in [-0.39, 0.29) is 30.0 Å². The second-order valence-corrected chi connectivity index (χ2v) is 11.0. The van der Waals surface area contributed by atoms with Gasteiger partial charge in [0.1, 0.15) is 17.6 Å². The summed E-state index contributed by atoms with van der Waals surface area (Å²) in [4.78, 5) is 11.5. The second-order valence-electron chi connectivity index (χ2n) is 9.11. The average Bonchev–Trinajstić information content (AvgIpc) is 2.90. The first-order valence-electron chi connectivity index (χ1n) is 12.3. The number of carbonyl (C=O) groups excluding carboxylic acids is 1. The zero-order valence-electron chi connectivity index (χ0n) is 21.8. The Bertz CT molecular complexity index is 1470. The maximum absolute atomic E-state index is 13.8. The largest absolute Gasteiger partial charge is 0.486 e. The molecule has 4 rings (SSSR count). The number of ether oxygens (including phenoxy) is 3. The smallest absolute Gasteiger partial charge is 0.387 e. The molecule has 0 saturated heterocycles. The summed E-state index contributed by atoms with van der Waals surface area (Å²) < 4.78 is 69.6. The molecule has 10 heteroatoms. The lowest BCUT2D eigenvalue weighted by molar-refractivity contribution is -0.141. The highest BCUT2D eigenvalue weighted by atomic mass is 32.2. The Labute approximate surface area is 226 Å². The maximum Gasteiger partial charge on any atom is 0.387 e. The number of aryl methyl sites for hydroxylation is 2. The van der Waals surface area contributed by atoms with Crippen LogP contribution in [-0.2, 0) is 19.6 Å². The van der Waals surface area contributed by atoms with Crippen LogP contribution in [0.15, 0.2) is 65.6 Å². The van der Waals surface area contributed by atoms with Crippen LogP contribution in [0.4, 0.5) is 14.5 Å². The summed E-state index contributed by atoms with van der Waals surface area (Å²) in [7, 11) is -2.94. The first-order chi connectivity index (χ1) is 18.6. The van der Waals surface area contributed by atoms with Crippen molar-refractivity contribution in [1.29, 1.82) is 0 Å². The first kappa shape index (κ1) is 28.1. The number of esters is 1. The summed E-state index contributed by atoms with van der Waals surface area (Å²) >= 11 is 0. The number of fused-ring (bicyclic) bond motifs is 1. The van der Waals surface area contributed by atoms with Gasteiger partial charge in [0, 0.05) is 12.5 Å². The summed E-state index contributed by atoms with van der Waals surface area (Å²) in [6, 6.07) is 16.2. The molecule has 0 bridgehead atoms. The third-order valence-electron chi connectivity index (χ3n) is 6.42. The van der Waals surface area contributed by atoms with Crippen molar-refractivity contribution >= 4 is 33.8 Å². The predicted octanol–water partition coefficient (Wildman–Crippen LogP) is 5.98. The Balaban J connectivity index is 1.73. The number of methoxy groups -OCH3 is 1. The Kier molecular flexibility index (Phi) is 8.54. The van der Waals surface area contributed by atoms with Gasteiger partial charge in [0.2, 0.25) is 0 Å². The molecule has 0 spiro atoms. The Hall–Kier alpha value is -3.92. The minimum atomic E-state index is -4.22. The topological polar surface area (TPSA) is 82.1 Å². The van der Waals surface area contributed by atoms with Gasteiger partial charge in [0.25, 0.3) is 10.0 Å². The zero-order chi connectivity index (χ0) is 28.2. The monoisotopic (exact) mass is 557 g/mol. The molecule has 0 aliphatic carbocycles. The van der Waals surface area contributed by atoms with E-state index < -0.39 is 28.7 Å². The van der Waals surface area contributed by atoms with E-state index in [4.69, 9.17) is 9.47 Å². The van der Waals surface area contributed by atoms with Crippen LogP contribution in [0.25, 0.3) is 12.2 Å². The fourth-order valence-electron chi connectivity index (χ4n) is 4.40. The fraction of sp³-hybridized carbons (Fsp3) is 0.276. The molecular weight excluding hydrogens is 528 g/mol. The normalized spacial score (nSPS) is 15.2. The van der Waals surface area contributed by atoms with Crippen LogP contribution < -0.4 is 13.8 Å². The van der Waals surface area contributed by atoms with Crippen molar-refractivity contribution in [3.05, 3.63) is 82.9 Å². The number of rotatable bonds is 9. The molecule has 1 atom stereocenters. The van der Waals surface area contributed by atoms with Crippen LogP contribution in [-0.4, -0.2) is 40.8 Å². The quantitative estimate of drug-likeness (QED) is 0.238. The SMILES string of the molecule is COC(=O)CC[C@H]1CN(S(=O)(=O)c2cccc(OC(F)F)c2)c2cc(/C=C/c3c(C)cccc3C)ccc2O1. The van der Waals surface area contributed by atoms with E-state index in [2.05, 4.69) is 4.74 Å². The van der Waals surface area contributed by atoms with E-state index in [9.17, 15) is 22.0 Å². The van der Waals surface area contributed by atoms with Crippen LogP contribution in [0.3, 0.4) is 0 Å². The van der Waals surface area contributed by atoms with Crippen molar-refractivity contribution in [3.63, 3.8) is 0 Å². The van der Waals surface area contributed by atoms with Gasteiger partial charge >= 0.3 is 12.6 Å². The molecule has 0 fully saturated rings. The van der Waals surface area contributed by atoms with E-state index in [1.165, 1.54) is 29.6 Å². The van der Waals surface area contributed by atoms with Crippen molar-refractivity contribution in [2.24, 2.45) is 0 Å². The molecule has 39 heavy (non-hydrogen) atoms. The predicted molar refractivity (Wildman–Crippen MR) is 145 cm³/mol. The number of nitrogens with zero attached hydrogens (tertiary/aromatic N) is 1. The zero-order valence-corrected chi connectivity index (χ0v) is 22.6. The van der Waals surface area contributed by atoms with Gasteiger partial charge < -0.3 is 14.2 Å². The van der Waals surface area contributed by atoms with Gasteiger partial charge in [0.05, 0.1) is 24.2 Å². The van der Waals surface area contributed by atoms with Crippen LogP contribution in [0, 0.1) is 13.8 Å². The van der Waals surface area contributed by atoms with Gasteiger partial charge in [0.15, 0.2) is 0 Å². The lowest BCUT2D eigenvalue weighted by Gasteiger charge is -2.35.